The van der Waals surface area contributed by atoms with Gasteiger partial charge in [0, 0.05) is 38.2 Å². The topological polar surface area (TPSA) is 62.5 Å². The Bertz CT molecular complexity index is 710. The van der Waals surface area contributed by atoms with E-state index in [2.05, 4.69) is 15.0 Å². The SMILES string of the molecule is CCc1noc(C(C)N2CCN(C(=O)c3cccc(F)c3)CC2)n1. The lowest BCUT2D eigenvalue weighted by Gasteiger charge is -2.36. The van der Waals surface area contributed by atoms with E-state index in [-0.39, 0.29) is 11.9 Å². The van der Waals surface area contributed by atoms with Gasteiger partial charge in [0.2, 0.25) is 5.89 Å². The van der Waals surface area contributed by atoms with Crippen LogP contribution >= 0.6 is 0 Å². The molecule has 2 aromatic rings. The van der Waals surface area contributed by atoms with Crippen molar-refractivity contribution < 1.29 is 13.7 Å². The minimum absolute atomic E-state index is 0.0178. The quantitative estimate of drug-likeness (QED) is 0.860. The Morgan fingerprint density at radius 1 is 1.33 bits per heavy atom. The number of hydrogen-bond acceptors (Lipinski definition) is 5. The highest BCUT2D eigenvalue weighted by atomic mass is 19.1. The van der Waals surface area contributed by atoms with Gasteiger partial charge in [-0.2, -0.15) is 4.98 Å². The second-order valence-corrected chi connectivity index (χ2v) is 5.92. The number of halogens is 1. The van der Waals surface area contributed by atoms with Gasteiger partial charge in [0.05, 0.1) is 6.04 Å². The third-order valence-corrected chi connectivity index (χ3v) is 4.38. The Kier molecular flexibility index (Phi) is 4.89. The van der Waals surface area contributed by atoms with Crippen LogP contribution in [0.15, 0.2) is 28.8 Å². The fraction of sp³-hybridized carbons (Fsp3) is 0.471. The molecule has 24 heavy (non-hydrogen) atoms. The monoisotopic (exact) mass is 332 g/mol. The van der Waals surface area contributed by atoms with E-state index in [9.17, 15) is 9.18 Å². The maximum atomic E-state index is 13.3. The summed E-state index contributed by atoms with van der Waals surface area (Å²) in [7, 11) is 0. The predicted molar refractivity (Wildman–Crippen MR) is 86.0 cm³/mol. The molecule has 1 aliphatic rings. The number of aryl methyl sites for hydroxylation is 1. The number of carbonyl (C=O) groups is 1. The van der Waals surface area contributed by atoms with E-state index in [0.717, 1.165) is 6.42 Å². The lowest BCUT2D eigenvalue weighted by Crippen LogP contribution is -2.49. The van der Waals surface area contributed by atoms with Gasteiger partial charge in [0.15, 0.2) is 5.82 Å². The Morgan fingerprint density at radius 2 is 2.08 bits per heavy atom. The summed E-state index contributed by atoms with van der Waals surface area (Å²) in [6, 6.07) is 5.84. The largest absolute Gasteiger partial charge is 0.338 e. The molecule has 1 saturated heterocycles. The Balaban J connectivity index is 1.60. The van der Waals surface area contributed by atoms with Gasteiger partial charge in [-0.3, -0.25) is 9.69 Å². The van der Waals surface area contributed by atoms with Crippen molar-refractivity contribution in [2.45, 2.75) is 26.3 Å². The van der Waals surface area contributed by atoms with Gasteiger partial charge in [0.25, 0.3) is 5.91 Å². The summed E-state index contributed by atoms with van der Waals surface area (Å²) in [6.45, 7) is 6.62. The van der Waals surface area contributed by atoms with Crippen LogP contribution in [0.5, 0.6) is 0 Å². The molecule has 0 spiro atoms. The molecule has 1 aromatic heterocycles. The molecule has 128 valence electrons. The molecule has 7 heteroatoms. The summed E-state index contributed by atoms with van der Waals surface area (Å²) in [5.41, 5.74) is 0.390. The smallest absolute Gasteiger partial charge is 0.254 e. The van der Waals surface area contributed by atoms with Gasteiger partial charge >= 0.3 is 0 Å². The lowest BCUT2D eigenvalue weighted by molar-refractivity contribution is 0.0551. The fourth-order valence-electron chi connectivity index (χ4n) is 2.85. The van der Waals surface area contributed by atoms with Crippen LogP contribution in [0.4, 0.5) is 4.39 Å². The summed E-state index contributed by atoms with van der Waals surface area (Å²) in [5, 5.41) is 3.93. The van der Waals surface area contributed by atoms with Crippen LogP contribution in [0.25, 0.3) is 0 Å². The van der Waals surface area contributed by atoms with Crippen LogP contribution in [0, 0.1) is 5.82 Å². The van der Waals surface area contributed by atoms with Crippen LogP contribution in [-0.4, -0.2) is 52.0 Å². The van der Waals surface area contributed by atoms with Crippen molar-refractivity contribution in [1.29, 1.82) is 0 Å². The number of aromatic nitrogens is 2. The summed E-state index contributed by atoms with van der Waals surface area (Å²) < 4.78 is 18.6. The molecule has 3 rings (SSSR count). The van der Waals surface area contributed by atoms with Crippen molar-refractivity contribution >= 4 is 5.91 Å². The van der Waals surface area contributed by atoms with E-state index in [0.29, 0.717) is 43.5 Å². The molecular weight excluding hydrogens is 311 g/mol. The van der Waals surface area contributed by atoms with Gasteiger partial charge in [-0.1, -0.05) is 18.1 Å². The molecule has 1 aliphatic heterocycles. The van der Waals surface area contributed by atoms with Crippen molar-refractivity contribution in [3.8, 4) is 0 Å². The highest BCUT2D eigenvalue weighted by Crippen LogP contribution is 2.21. The highest BCUT2D eigenvalue weighted by Gasteiger charge is 2.28. The average Bonchev–Trinajstić information content (AvgIpc) is 3.10. The molecule has 2 heterocycles. The highest BCUT2D eigenvalue weighted by molar-refractivity contribution is 5.94. The fourth-order valence-corrected chi connectivity index (χ4v) is 2.85. The number of benzene rings is 1. The summed E-state index contributed by atoms with van der Waals surface area (Å²) >= 11 is 0. The summed E-state index contributed by atoms with van der Waals surface area (Å²) in [6.07, 6.45) is 0.742. The van der Waals surface area contributed by atoms with Crippen molar-refractivity contribution in [1.82, 2.24) is 19.9 Å². The molecule has 0 aliphatic carbocycles. The zero-order valence-electron chi connectivity index (χ0n) is 13.9. The molecule has 6 nitrogen and oxygen atoms in total. The first-order valence-corrected chi connectivity index (χ1v) is 8.20. The van der Waals surface area contributed by atoms with Gasteiger partial charge < -0.3 is 9.42 Å². The lowest BCUT2D eigenvalue weighted by atomic mass is 10.1. The van der Waals surface area contributed by atoms with E-state index in [1.54, 1.807) is 17.0 Å². The van der Waals surface area contributed by atoms with Crippen molar-refractivity contribution in [3.63, 3.8) is 0 Å². The van der Waals surface area contributed by atoms with Gasteiger partial charge in [-0.15, -0.1) is 0 Å². The van der Waals surface area contributed by atoms with Crippen LogP contribution in [0.3, 0.4) is 0 Å². The minimum atomic E-state index is -0.392. The molecule has 0 bridgehead atoms. The van der Waals surface area contributed by atoms with Crippen LogP contribution in [-0.2, 0) is 6.42 Å². The van der Waals surface area contributed by atoms with E-state index in [1.807, 2.05) is 13.8 Å². The maximum absolute atomic E-state index is 13.3. The summed E-state index contributed by atoms with van der Waals surface area (Å²) in [4.78, 5) is 20.8. The number of hydrogen-bond donors (Lipinski definition) is 0. The molecule has 0 radical (unpaired) electrons. The number of rotatable bonds is 4. The molecule has 0 saturated carbocycles. The first-order valence-electron chi connectivity index (χ1n) is 8.20. The zero-order valence-corrected chi connectivity index (χ0v) is 13.9. The average molecular weight is 332 g/mol. The second-order valence-electron chi connectivity index (χ2n) is 5.92. The van der Waals surface area contributed by atoms with E-state index >= 15 is 0 Å². The van der Waals surface area contributed by atoms with Gasteiger partial charge in [-0.05, 0) is 25.1 Å². The molecule has 1 aromatic carbocycles. The maximum Gasteiger partial charge on any atom is 0.254 e. The number of piperazine rings is 1. The van der Waals surface area contributed by atoms with Gasteiger partial charge in [-0.25, -0.2) is 4.39 Å². The van der Waals surface area contributed by atoms with Gasteiger partial charge in [0.1, 0.15) is 5.82 Å². The minimum Gasteiger partial charge on any atom is -0.338 e. The molecular formula is C17H21FN4O2. The molecule has 0 N–H and O–H groups in total. The Morgan fingerprint density at radius 3 is 2.71 bits per heavy atom. The normalized spacial score (nSPS) is 17.0. The van der Waals surface area contributed by atoms with Crippen LogP contribution < -0.4 is 0 Å². The molecule has 1 fully saturated rings. The Labute approximate surface area is 140 Å². The number of carbonyl (C=O) groups excluding carboxylic acids is 1. The third-order valence-electron chi connectivity index (χ3n) is 4.38. The standard InChI is InChI=1S/C17H21FN4O2/c1-3-15-19-16(24-20-15)12(2)21-7-9-22(10-8-21)17(23)13-5-4-6-14(18)11-13/h4-6,11-12H,3,7-10H2,1-2H3. The zero-order chi connectivity index (χ0) is 17.1. The van der Waals surface area contributed by atoms with E-state index < -0.39 is 5.82 Å². The van der Waals surface area contributed by atoms with Crippen LogP contribution in [0.2, 0.25) is 0 Å². The molecule has 1 unspecified atom stereocenters. The predicted octanol–water partition coefficient (Wildman–Crippen LogP) is 2.29. The van der Waals surface area contributed by atoms with Crippen molar-refractivity contribution in [2.75, 3.05) is 26.2 Å². The van der Waals surface area contributed by atoms with Crippen molar-refractivity contribution in [2.24, 2.45) is 0 Å². The van der Waals surface area contributed by atoms with E-state index in [4.69, 9.17) is 4.52 Å². The second kappa shape index (κ2) is 7.09. The van der Waals surface area contributed by atoms with Crippen molar-refractivity contribution in [3.05, 3.63) is 47.4 Å². The number of amides is 1. The molecule has 1 amide bonds. The Hall–Kier alpha value is -2.28. The third kappa shape index (κ3) is 3.46. The van der Waals surface area contributed by atoms with E-state index in [1.165, 1.54) is 12.1 Å². The molecule has 1 atom stereocenters. The summed E-state index contributed by atoms with van der Waals surface area (Å²) in [5.74, 6) is 0.789. The number of nitrogens with zero attached hydrogens (tertiary/aromatic N) is 4. The first kappa shape index (κ1) is 16.6. The van der Waals surface area contributed by atoms with Crippen LogP contribution in [0.1, 0.15) is 42.0 Å². The first-order chi connectivity index (χ1) is 11.6.